The van der Waals surface area contributed by atoms with Crippen molar-refractivity contribution in [2.45, 2.75) is 59.1 Å². The molecular weight excluding hydrogens is 422 g/mol. The van der Waals surface area contributed by atoms with Gasteiger partial charge in [0.15, 0.2) is 0 Å². The molecule has 3 aromatic heterocycles. The summed E-state index contributed by atoms with van der Waals surface area (Å²) in [6.07, 6.45) is 1.75. The zero-order valence-corrected chi connectivity index (χ0v) is 20.0. The molecule has 0 aliphatic rings. The summed E-state index contributed by atoms with van der Waals surface area (Å²) in [5, 5.41) is 17.4. The number of aliphatic hydroxyl groups is 1. The minimum absolute atomic E-state index is 0.0924. The molecule has 32 heavy (non-hydrogen) atoms. The number of aromatic nitrogens is 3. The van der Waals surface area contributed by atoms with Crippen molar-refractivity contribution >= 4 is 38.7 Å². The van der Waals surface area contributed by atoms with Gasteiger partial charge >= 0.3 is 0 Å². The van der Waals surface area contributed by atoms with Crippen LogP contribution in [0.15, 0.2) is 40.4 Å². The molecule has 4 rings (SSSR count). The van der Waals surface area contributed by atoms with E-state index in [1.54, 1.807) is 31.4 Å². The Bertz CT molecular complexity index is 1240. The van der Waals surface area contributed by atoms with Crippen molar-refractivity contribution in [3.05, 3.63) is 47.4 Å². The number of hydrogen-bond acceptors (Lipinski definition) is 8. The molecule has 0 spiro atoms. The van der Waals surface area contributed by atoms with Crippen molar-refractivity contribution in [1.82, 2.24) is 15.0 Å². The zero-order chi connectivity index (χ0) is 23.0. The molecule has 0 unspecified atom stereocenters. The van der Waals surface area contributed by atoms with Crippen LogP contribution in [-0.4, -0.2) is 26.1 Å². The van der Waals surface area contributed by atoms with E-state index in [0.29, 0.717) is 23.2 Å². The van der Waals surface area contributed by atoms with Gasteiger partial charge in [0, 0.05) is 29.9 Å². The highest BCUT2D eigenvalue weighted by Gasteiger charge is 2.29. The van der Waals surface area contributed by atoms with Gasteiger partial charge in [-0.25, -0.2) is 15.0 Å². The number of nitrogens with zero attached hydrogens (tertiary/aromatic N) is 3. The van der Waals surface area contributed by atoms with E-state index in [1.807, 2.05) is 37.6 Å². The fourth-order valence-corrected chi connectivity index (χ4v) is 4.20. The molecule has 0 radical (unpaired) electrons. The summed E-state index contributed by atoms with van der Waals surface area (Å²) >= 11 is 1.61. The Morgan fingerprint density at radius 1 is 1.09 bits per heavy atom. The SMILES string of the molecule is CC(C)Nc1cc(Nc2ccc3ncsc3c2)ncc1-c1nc(C(C)(C)O)c(C(C)C)o1. The molecule has 0 fully saturated rings. The lowest BCUT2D eigenvalue weighted by Crippen LogP contribution is -2.18. The fourth-order valence-electron chi connectivity index (χ4n) is 3.48. The van der Waals surface area contributed by atoms with Crippen LogP contribution in [0.3, 0.4) is 0 Å². The molecule has 0 aliphatic carbocycles. The summed E-state index contributed by atoms with van der Waals surface area (Å²) in [7, 11) is 0. The van der Waals surface area contributed by atoms with E-state index in [4.69, 9.17) is 4.42 Å². The highest BCUT2D eigenvalue weighted by atomic mass is 32.1. The van der Waals surface area contributed by atoms with Crippen LogP contribution in [0.5, 0.6) is 0 Å². The van der Waals surface area contributed by atoms with Crippen LogP contribution in [0.4, 0.5) is 17.2 Å². The van der Waals surface area contributed by atoms with Crippen molar-refractivity contribution in [3.63, 3.8) is 0 Å². The predicted molar refractivity (Wildman–Crippen MR) is 131 cm³/mol. The summed E-state index contributed by atoms with van der Waals surface area (Å²) in [4.78, 5) is 13.6. The van der Waals surface area contributed by atoms with Crippen LogP contribution in [-0.2, 0) is 5.60 Å². The van der Waals surface area contributed by atoms with Crippen LogP contribution in [0, 0.1) is 0 Å². The van der Waals surface area contributed by atoms with E-state index in [-0.39, 0.29) is 12.0 Å². The topological polar surface area (TPSA) is 96.1 Å². The Labute approximate surface area is 191 Å². The quantitative estimate of drug-likeness (QED) is 0.305. The maximum atomic E-state index is 10.6. The first-order valence-corrected chi connectivity index (χ1v) is 11.6. The fraction of sp³-hybridized carbons (Fsp3) is 0.375. The molecule has 0 saturated carbocycles. The number of oxazole rings is 1. The van der Waals surface area contributed by atoms with E-state index in [0.717, 1.165) is 27.2 Å². The Morgan fingerprint density at radius 2 is 1.88 bits per heavy atom. The van der Waals surface area contributed by atoms with E-state index in [1.165, 1.54) is 0 Å². The normalized spacial score (nSPS) is 12.2. The van der Waals surface area contributed by atoms with Gasteiger partial charge < -0.3 is 20.2 Å². The maximum absolute atomic E-state index is 10.6. The van der Waals surface area contributed by atoms with Crippen LogP contribution >= 0.6 is 11.3 Å². The highest BCUT2D eigenvalue weighted by molar-refractivity contribution is 7.16. The van der Waals surface area contributed by atoms with Gasteiger partial charge in [-0.3, -0.25) is 0 Å². The molecule has 168 valence electrons. The number of anilines is 3. The first kappa shape index (κ1) is 22.2. The standard InChI is InChI=1S/C24H29N5O2S/c1-13(2)21-22(24(5,6)30)29-23(31-21)16-11-25-20(10-18(16)27-14(3)4)28-15-7-8-17-19(9-15)32-12-26-17/h7-14,30H,1-6H3,(H2,25,27,28). The Hall–Kier alpha value is -2.97. The molecule has 0 amide bonds. The monoisotopic (exact) mass is 451 g/mol. The van der Waals surface area contributed by atoms with Gasteiger partial charge in [0.05, 0.1) is 27.0 Å². The van der Waals surface area contributed by atoms with Gasteiger partial charge in [-0.15, -0.1) is 11.3 Å². The number of fused-ring (bicyclic) bond motifs is 1. The third-order valence-electron chi connectivity index (χ3n) is 4.94. The van der Waals surface area contributed by atoms with Crippen LogP contribution < -0.4 is 10.6 Å². The molecule has 7 nitrogen and oxygen atoms in total. The second kappa shape index (κ2) is 8.52. The van der Waals surface area contributed by atoms with Gasteiger partial charge in [-0.1, -0.05) is 13.8 Å². The first-order valence-electron chi connectivity index (χ1n) is 10.7. The zero-order valence-electron chi connectivity index (χ0n) is 19.2. The van der Waals surface area contributed by atoms with Gasteiger partial charge in [-0.2, -0.15) is 0 Å². The minimum Gasteiger partial charge on any atom is -0.440 e. The Kier molecular flexibility index (Phi) is 5.92. The summed E-state index contributed by atoms with van der Waals surface area (Å²) in [5.74, 6) is 1.93. The molecule has 3 N–H and O–H groups in total. The van der Waals surface area contributed by atoms with Crippen molar-refractivity contribution < 1.29 is 9.52 Å². The number of hydrogen-bond donors (Lipinski definition) is 3. The summed E-state index contributed by atoms with van der Waals surface area (Å²) in [5.41, 5.74) is 4.83. The number of benzene rings is 1. The average Bonchev–Trinajstić information content (AvgIpc) is 3.34. The Balaban J connectivity index is 1.73. The lowest BCUT2D eigenvalue weighted by Gasteiger charge is -2.16. The van der Waals surface area contributed by atoms with Crippen molar-refractivity contribution in [3.8, 4) is 11.5 Å². The third-order valence-corrected chi connectivity index (χ3v) is 5.73. The molecule has 1 aromatic carbocycles. The Morgan fingerprint density at radius 3 is 2.53 bits per heavy atom. The average molecular weight is 452 g/mol. The van der Waals surface area contributed by atoms with E-state index in [9.17, 15) is 5.11 Å². The van der Waals surface area contributed by atoms with E-state index < -0.39 is 5.60 Å². The smallest absolute Gasteiger partial charge is 0.230 e. The second-order valence-electron chi connectivity index (χ2n) is 9.02. The molecule has 0 saturated heterocycles. The number of pyridine rings is 1. The molecule has 3 heterocycles. The largest absolute Gasteiger partial charge is 0.440 e. The molecule has 0 aliphatic heterocycles. The predicted octanol–water partition coefficient (Wildman–Crippen LogP) is 6.26. The molecule has 0 atom stereocenters. The van der Waals surface area contributed by atoms with E-state index >= 15 is 0 Å². The van der Waals surface area contributed by atoms with Gasteiger partial charge in [0.1, 0.15) is 22.9 Å². The summed E-state index contributed by atoms with van der Waals surface area (Å²) < 4.78 is 7.25. The van der Waals surface area contributed by atoms with Crippen molar-refractivity contribution in [2.24, 2.45) is 0 Å². The molecular formula is C24H29N5O2S. The highest BCUT2D eigenvalue weighted by Crippen LogP contribution is 2.36. The van der Waals surface area contributed by atoms with Gasteiger partial charge in [0.25, 0.3) is 0 Å². The minimum atomic E-state index is -1.10. The van der Waals surface area contributed by atoms with Crippen molar-refractivity contribution in [1.29, 1.82) is 0 Å². The van der Waals surface area contributed by atoms with Gasteiger partial charge in [0.2, 0.25) is 5.89 Å². The maximum Gasteiger partial charge on any atom is 0.230 e. The number of nitrogens with one attached hydrogen (secondary N) is 2. The van der Waals surface area contributed by atoms with Crippen molar-refractivity contribution in [2.75, 3.05) is 10.6 Å². The second-order valence-corrected chi connectivity index (χ2v) is 9.91. The summed E-state index contributed by atoms with van der Waals surface area (Å²) in [6, 6.07) is 8.21. The lowest BCUT2D eigenvalue weighted by molar-refractivity contribution is 0.0720. The van der Waals surface area contributed by atoms with Crippen LogP contribution in [0.2, 0.25) is 0 Å². The summed E-state index contributed by atoms with van der Waals surface area (Å²) in [6.45, 7) is 11.6. The number of rotatable bonds is 7. The van der Waals surface area contributed by atoms with Gasteiger partial charge in [-0.05, 0) is 45.9 Å². The lowest BCUT2D eigenvalue weighted by atomic mass is 9.99. The molecule has 0 bridgehead atoms. The number of thiazole rings is 1. The van der Waals surface area contributed by atoms with E-state index in [2.05, 4.69) is 45.5 Å². The van der Waals surface area contributed by atoms with Crippen LogP contribution in [0.1, 0.15) is 58.9 Å². The first-order chi connectivity index (χ1) is 15.1. The third kappa shape index (κ3) is 4.61. The molecule has 4 aromatic rings. The van der Waals surface area contributed by atoms with Crippen LogP contribution in [0.25, 0.3) is 21.7 Å². The molecule has 8 heteroatoms.